The lowest BCUT2D eigenvalue weighted by atomic mass is 9.68. The first-order valence-corrected chi connectivity index (χ1v) is 8.71. The largest absolute Gasteiger partial charge is 0.481 e. The molecule has 0 aliphatic rings. The van der Waals surface area contributed by atoms with Crippen LogP contribution in [0.5, 0.6) is 0 Å². The minimum atomic E-state index is -1.30. The summed E-state index contributed by atoms with van der Waals surface area (Å²) in [6.07, 6.45) is -2.69. The summed E-state index contributed by atoms with van der Waals surface area (Å²) in [4.78, 5) is 56.1. The van der Waals surface area contributed by atoms with Crippen molar-refractivity contribution in [1.82, 2.24) is 5.32 Å². The van der Waals surface area contributed by atoms with E-state index in [2.05, 4.69) is 5.32 Å². The molecule has 0 saturated carbocycles. The third kappa shape index (κ3) is 12.6. The van der Waals surface area contributed by atoms with Crippen molar-refractivity contribution in [1.29, 1.82) is 0 Å². The number of rotatable bonds is 16. The van der Waals surface area contributed by atoms with Gasteiger partial charge in [0.1, 0.15) is 0 Å². The maximum absolute atomic E-state index is 11.4. The van der Waals surface area contributed by atoms with Crippen molar-refractivity contribution in [2.45, 2.75) is 38.5 Å². The molecule has 12 heteroatoms. The Bertz CT molecular complexity index is 583. The summed E-state index contributed by atoms with van der Waals surface area (Å²) in [5.41, 5.74) is 0. The lowest BCUT2D eigenvalue weighted by Crippen LogP contribution is -2.38. The summed E-state index contributed by atoms with van der Waals surface area (Å²) in [5, 5.41) is 48.5. The van der Waals surface area contributed by atoms with Gasteiger partial charge >= 0.3 is 29.8 Å². The minimum absolute atomic E-state index is 0. The molecular weight excluding hydrogens is 414 g/mol. The third-order valence-electron chi connectivity index (χ3n) is 4.65. The van der Waals surface area contributed by atoms with Crippen LogP contribution in [-0.4, -0.2) is 69.0 Å². The number of aliphatic carboxylic acids is 5. The van der Waals surface area contributed by atoms with Gasteiger partial charge in [0.25, 0.3) is 0 Å². The Balaban J connectivity index is 0. The molecule has 6 N–H and O–H groups in total. The molecule has 4 atom stereocenters. The van der Waals surface area contributed by atoms with E-state index in [0.29, 0.717) is 0 Å². The van der Waals surface area contributed by atoms with E-state index in [9.17, 15) is 34.2 Å². The van der Waals surface area contributed by atoms with E-state index in [0.717, 1.165) is 0 Å². The number of carboxylic acid groups (broad SMARTS) is 5. The number of carbonyl (C=O) groups is 5. The van der Waals surface area contributed by atoms with Crippen molar-refractivity contribution < 1.29 is 49.5 Å². The van der Waals surface area contributed by atoms with Gasteiger partial charge in [0.15, 0.2) is 0 Å². The van der Waals surface area contributed by atoms with Crippen LogP contribution in [0.25, 0.3) is 0 Å². The van der Waals surface area contributed by atoms with Crippen molar-refractivity contribution in [2.24, 2.45) is 23.7 Å². The summed E-state index contributed by atoms with van der Waals surface area (Å²) in [6.45, 7) is 0.0824. The number of nitrogens with one attached hydrogen (secondary N) is 1. The second kappa shape index (κ2) is 14.6. The van der Waals surface area contributed by atoms with Crippen LogP contribution < -0.4 is 5.32 Å². The van der Waals surface area contributed by atoms with Crippen molar-refractivity contribution in [2.75, 3.05) is 13.6 Å². The molecule has 0 bridgehead atoms. The lowest BCUT2D eigenvalue weighted by molar-refractivity contribution is -0.147. The summed E-state index contributed by atoms with van der Waals surface area (Å²) in [5.74, 6) is -9.93. The van der Waals surface area contributed by atoms with Crippen molar-refractivity contribution in [3.63, 3.8) is 0 Å². The summed E-state index contributed by atoms with van der Waals surface area (Å²) in [7, 11) is 1.53. The molecular formula is C17H28ClNO10. The molecule has 0 unspecified atom stereocenters. The van der Waals surface area contributed by atoms with E-state index < -0.39 is 85.6 Å². The van der Waals surface area contributed by atoms with Gasteiger partial charge < -0.3 is 30.8 Å². The Morgan fingerprint density at radius 2 is 1.03 bits per heavy atom. The lowest BCUT2D eigenvalue weighted by Gasteiger charge is -2.36. The van der Waals surface area contributed by atoms with Gasteiger partial charge in [-0.2, -0.15) is 0 Å². The average molecular weight is 442 g/mol. The van der Waals surface area contributed by atoms with Gasteiger partial charge in [-0.05, 0) is 43.7 Å². The van der Waals surface area contributed by atoms with Gasteiger partial charge in [-0.1, -0.05) is 0 Å². The maximum atomic E-state index is 11.4. The molecule has 0 aliphatic carbocycles. The van der Waals surface area contributed by atoms with Crippen LogP contribution in [0.3, 0.4) is 0 Å². The normalized spacial score (nSPS) is 14.7. The topological polar surface area (TPSA) is 199 Å². The molecule has 168 valence electrons. The number of halogens is 1. The molecule has 0 rings (SSSR count). The van der Waals surface area contributed by atoms with Gasteiger partial charge in [0, 0.05) is 32.1 Å². The second-order valence-electron chi connectivity index (χ2n) is 6.73. The van der Waals surface area contributed by atoms with E-state index in [1.54, 1.807) is 0 Å². The predicted octanol–water partition coefficient (Wildman–Crippen LogP) is 0.856. The zero-order valence-corrected chi connectivity index (χ0v) is 16.8. The molecule has 0 aromatic rings. The van der Waals surface area contributed by atoms with Crippen LogP contribution in [0.2, 0.25) is 0 Å². The van der Waals surface area contributed by atoms with E-state index in [4.69, 9.17) is 15.3 Å². The molecule has 0 aromatic heterocycles. The minimum Gasteiger partial charge on any atom is -0.481 e. The highest BCUT2D eigenvalue weighted by Crippen LogP contribution is 2.38. The standard InChI is InChI=1S/C17H27NO10.ClH/c1-18-8-10(5-15(23)24)12(7-17(27)28)11(6-16(25)26)9(4-14(21)22)2-3-13(19)20;/h9-12,18H,2-8H2,1H3,(H,19,20)(H,21,22)(H,23,24)(H,25,26)(H,27,28);1H/t9-,10-,11-,12+;/m1./s1. The zero-order chi connectivity index (χ0) is 21.9. The molecule has 0 fully saturated rings. The van der Waals surface area contributed by atoms with Crippen LogP contribution in [0.4, 0.5) is 0 Å². The Morgan fingerprint density at radius 1 is 0.655 bits per heavy atom. The number of hydrogen-bond donors (Lipinski definition) is 6. The zero-order valence-electron chi connectivity index (χ0n) is 15.9. The first kappa shape index (κ1) is 28.8. The smallest absolute Gasteiger partial charge is 0.303 e. The van der Waals surface area contributed by atoms with Crippen molar-refractivity contribution in [3.8, 4) is 0 Å². The highest BCUT2D eigenvalue weighted by atomic mass is 35.5. The highest BCUT2D eigenvalue weighted by molar-refractivity contribution is 5.85. The molecule has 0 heterocycles. The molecule has 0 radical (unpaired) electrons. The Morgan fingerprint density at radius 3 is 1.38 bits per heavy atom. The quantitative estimate of drug-likeness (QED) is 0.198. The Kier molecular flexibility index (Phi) is 14.5. The fourth-order valence-electron chi connectivity index (χ4n) is 3.60. The molecule has 0 amide bonds. The molecule has 0 saturated heterocycles. The van der Waals surface area contributed by atoms with E-state index >= 15 is 0 Å². The SMILES string of the molecule is CNC[C@@H](CC(=O)O)[C@H](CC(=O)O)[C@H](CC(=O)O)[C@H](CCC(=O)O)CC(=O)O.Cl. The molecule has 0 spiro atoms. The van der Waals surface area contributed by atoms with Crippen molar-refractivity contribution in [3.05, 3.63) is 0 Å². The maximum Gasteiger partial charge on any atom is 0.303 e. The van der Waals surface area contributed by atoms with E-state index in [1.165, 1.54) is 7.05 Å². The molecule has 29 heavy (non-hydrogen) atoms. The number of hydrogen-bond acceptors (Lipinski definition) is 6. The Labute approximate surface area is 173 Å². The van der Waals surface area contributed by atoms with Crippen LogP contribution in [0, 0.1) is 23.7 Å². The fourth-order valence-corrected chi connectivity index (χ4v) is 3.60. The summed E-state index contributed by atoms with van der Waals surface area (Å²) >= 11 is 0. The predicted molar refractivity (Wildman–Crippen MR) is 101 cm³/mol. The van der Waals surface area contributed by atoms with Crippen LogP contribution in [0.1, 0.15) is 38.5 Å². The fraction of sp³-hybridized carbons (Fsp3) is 0.706. The van der Waals surface area contributed by atoms with Crippen LogP contribution >= 0.6 is 12.4 Å². The molecule has 0 aliphatic heterocycles. The first-order chi connectivity index (χ1) is 13.0. The summed E-state index contributed by atoms with van der Waals surface area (Å²) in [6, 6.07) is 0. The average Bonchev–Trinajstić information content (AvgIpc) is 2.53. The number of carboxylic acids is 5. The molecule has 0 aromatic carbocycles. The van der Waals surface area contributed by atoms with Crippen molar-refractivity contribution >= 4 is 42.3 Å². The third-order valence-corrected chi connectivity index (χ3v) is 4.65. The molecule has 11 nitrogen and oxygen atoms in total. The van der Waals surface area contributed by atoms with Gasteiger partial charge in [-0.3, -0.25) is 24.0 Å². The van der Waals surface area contributed by atoms with Crippen LogP contribution in [-0.2, 0) is 24.0 Å². The monoisotopic (exact) mass is 441 g/mol. The van der Waals surface area contributed by atoms with Crippen LogP contribution in [0.15, 0.2) is 0 Å². The highest BCUT2D eigenvalue weighted by Gasteiger charge is 2.39. The van der Waals surface area contributed by atoms with Gasteiger partial charge in [0.05, 0.1) is 0 Å². The van der Waals surface area contributed by atoms with Gasteiger partial charge in [-0.25, -0.2) is 0 Å². The van der Waals surface area contributed by atoms with E-state index in [1.807, 2.05) is 0 Å². The second-order valence-corrected chi connectivity index (χ2v) is 6.73. The van der Waals surface area contributed by atoms with E-state index in [-0.39, 0.29) is 25.4 Å². The first-order valence-electron chi connectivity index (χ1n) is 8.71. The summed E-state index contributed by atoms with van der Waals surface area (Å²) < 4.78 is 0. The van der Waals surface area contributed by atoms with Gasteiger partial charge in [0.2, 0.25) is 0 Å². The Hall–Kier alpha value is -2.40. The van der Waals surface area contributed by atoms with Gasteiger partial charge in [-0.15, -0.1) is 12.4 Å².